The van der Waals surface area contributed by atoms with E-state index < -0.39 is 11.9 Å². The first-order chi connectivity index (χ1) is 9.50. The summed E-state index contributed by atoms with van der Waals surface area (Å²) in [6.07, 6.45) is 1.42. The Bertz CT molecular complexity index is 688. The minimum absolute atomic E-state index is 0.0174. The number of carboxylic acid groups (broad SMARTS) is 1. The number of carbonyl (C=O) groups is 2. The van der Waals surface area contributed by atoms with Crippen molar-refractivity contribution >= 4 is 34.9 Å². The topological polar surface area (TPSA) is 105 Å². The Morgan fingerprint density at radius 2 is 2.00 bits per heavy atom. The first kappa shape index (κ1) is 13.8. The van der Waals surface area contributed by atoms with Gasteiger partial charge in [-0.15, -0.1) is 0 Å². The fraction of sp³-hybridized carbons (Fsp3) is 0. The normalized spacial score (nSPS) is 10.1. The lowest BCUT2D eigenvalue weighted by atomic mass is 10.1. The molecule has 1 amide bonds. The number of nitrogens with one attached hydrogen (secondary N) is 1. The van der Waals surface area contributed by atoms with E-state index in [1.165, 1.54) is 30.5 Å². The molecule has 0 aliphatic rings. The standard InChI is InChI=1S/C13H10ClN3O3/c14-7-3-1-5-9(10(7)13(19)20)17-12(18)11-8(15)4-2-6-16-11/h1-6H,15H2,(H,17,18)(H,19,20). The number of aromatic nitrogens is 1. The van der Waals surface area contributed by atoms with Gasteiger partial charge in [-0.2, -0.15) is 0 Å². The molecule has 2 aromatic rings. The molecule has 0 fully saturated rings. The van der Waals surface area contributed by atoms with Crippen molar-refractivity contribution in [3.05, 3.63) is 52.8 Å². The highest BCUT2D eigenvalue weighted by Crippen LogP contribution is 2.25. The van der Waals surface area contributed by atoms with Gasteiger partial charge in [-0.1, -0.05) is 17.7 Å². The molecule has 0 radical (unpaired) electrons. The fourth-order valence-electron chi connectivity index (χ4n) is 1.63. The lowest BCUT2D eigenvalue weighted by Gasteiger charge is -2.10. The van der Waals surface area contributed by atoms with Crippen LogP contribution in [0.15, 0.2) is 36.5 Å². The van der Waals surface area contributed by atoms with Crippen LogP contribution in [0, 0.1) is 0 Å². The molecule has 0 bridgehead atoms. The number of nitrogens with two attached hydrogens (primary N) is 1. The van der Waals surface area contributed by atoms with Gasteiger partial charge >= 0.3 is 5.97 Å². The highest BCUT2D eigenvalue weighted by Gasteiger charge is 2.18. The lowest BCUT2D eigenvalue weighted by molar-refractivity contribution is 0.0698. The Hall–Kier alpha value is -2.60. The van der Waals surface area contributed by atoms with Crippen molar-refractivity contribution < 1.29 is 14.7 Å². The monoisotopic (exact) mass is 291 g/mol. The van der Waals surface area contributed by atoms with Crippen LogP contribution in [-0.4, -0.2) is 22.0 Å². The molecule has 0 unspecified atom stereocenters. The molecule has 1 heterocycles. The third kappa shape index (κ3) is 2.70. The van der Waals surface area contributed by atoms with E-state index >= 15 is 0 Å². The largest absolute Gasteiger partial charge is 0.478 e. The zero-order valence-electron chi connectivity index (χ0n) is 10.1. The Kier molecular flexibility index (Phi) is 3.86. The third-order valence-electron chi connectivity index (χ3n) is 2.53. The molecule has 2 rings (SSSR count). The molecular formula is C13H10ClN3O3. The Morgan fingerprint density at radius 3 is 2.65 bits per heavy atom. The number of rotatable bonds is 3. The SMILES string of the molecule is Nc1cccnc1C(=O)Nc1cccc(Cl)c1C(=O)O. The van der Waals surface area contributed by atoms with E-state index in [0.29, 0.717) is 0 Å². The molecule has 0 saturated heterocycles. The Balaban J connectivity index is 2.36. The maximum atomic E-state index is 12.0. The summed E-state index contributed by atoms with van der Waals surface area (Å²) >= 11 is 5.81. The number of hydrogen-bond acceptors (Lipinski definition) is 4. The van der Waals surface area contributed by atoms with Gasteiger partial charge < -0.3 is 16.2 Å². The minimum atomic E-state index is -1.24. The zero-order chi connectivity index (χ0) is 14.7. The number of carboxylic acids is 1. The van der Waals surface area contributed by atoms with E-state index in [1.54, 1.807) is 6.07 Å². The number of nitrogens with zero attached hydrogens (tertiary/aromatic N) is 1. The second-order valence-electron chi connectivity index (χ2n) is 3.86. The van der Waals surface area contributed by atoms with Gasteiger partial charge in [0.25, 0.3) is 5.91 Å². The molecule has 102 valence electrons. The summed E-state index contributed by atoms with van der Waals surface area (Å²) in [5, 5.41) is 11.6. The number of benzene rings is 1. The van der Waals surface area contributed by atoms with Gasteiger partial charge in [0.05, 0.1) is 16.4 Å². The highest BCUT2D eigenvalue weighted by molar-refractivity contribution is 6.34. The molecule has 0 aliphatic heterocycles. The molecule has 20 heavy (non-hydrogen) atoms. The predicted molar refractivity (Wildman–Crippen MR) is 75.0 cm³/mol. The average molecular weight is 292 g/mol. The van der Waals surface area contributed by atoms with E-state index in [2.05, 4.69) is 10.3 Å². The second-order valence-corrected chi connectivity index (χ2v) is 4.27. The maximum Gasteiger partial charge on any atom is 0.339 e. The summed E-state index contributed by atoms with van der Waals surface area (Å²) in [7, 11) is 0. The van der Waals surface area contributed by atoms with Crippen LogP contribution >= 0.6 is 11.6 Å². The van der Waals surface area contributed by atoms with E-state index in [1.807, 2.05) is 0 Å². The number of amides is 1. The van der Waals surface area contributed by atoms with Crippen LogP contribution in [-0.2, 0) is 0 Å². The summed E-state index contributed by atoms with van der Waals surface area (Å²) in [5.41, 5.74) is 5.75. The van der Waals surface area contributed by atoms with Crippen LogP contribution in [0.3, 0.4) is 0 Å². The third-order valence-corrected chi connectivity index (χ3v) is 2.84. The van der Waals surface area contributed by atoms with Crippen molar-refractivity contribution in [3.8, 4) is 0 Å². The van der Waals surface area contributed by atoms with Crippen LogP contribution in [0.1, 0.15) is 20.8 Å². The van der Waals surface area contributed by atoms with Gasteiger partial charge in [0, 0.05) is 6.20 Å². The number of hydrogen-bond donors (Lipinski definition) is 3. The number of halogens is 1. The fourth-order valence-corrected chi connectivity index (χ4v) is 1.89. The Morgan fingerprint density at radius 1 is 1.25 bits per heavy atom. The maximum absolute atomic E-state index is 12.0. The molecule has 1 aromatic carbocycles. The predicted octanol–water partition coefficient (Wildman–Crippen LogP) is 2.27. The molecular weight excluding hydrogens is 282 g/mol. The van der Waals surface area contributed by atoms with E-state index in [0.717, 1.165) is 0 Å². The lowest BCUT2D eigenvalue weighted by Crippen LogP contribution is -2.17. The van der Waals surface area contributed by atoms with E-state index in [4.69, 9.17) is 22.4 Å². The van der Waals surface area contributed by atoms with Gasteiger partial charge in [-0.25, -0.2) is 9.78 Å². The smallest absolute Gasteiger partial charge is 0.339 e. The second kappa shape index (κ2) is 5.58. The number of nitrogen functional groups attached to an aromatic ring is 1. The zero-order valence-corrected chi connectivity index (χ0v) is 10.9. The number of carbonyl (C=O) groups excluding carboxylic acids is 1. The summed E-state index contributed by atoms with van der Waals surface area (Å²) in [4.78, 5) is 27.0. The first-order valence-corrected chi connectivity index (χ1v) is 5.92. The van der Waals surface area contributed by atoms with Gasteiger partial charge in [-0.05, 0) is 24.3 Å². The van der Waals surface area contributed by atoms with Crippen LogP contribution in [0.4, 0.5) is 11.4 Å². The molecule has 7 heteroatoms. The number of aromatic carboxylic acids is 1. The molecule has 0 aliphatic carbocycles. The first-order valence-electron chi connectivity index (χ1n) is 5.54. The van der Waals surface area contributed by atoms with Gasteiger partial charge in [-0.3, -0.25) is 4.79 Å². The van der Waals surface area contributed by atoms with Crippen molar-refractivity contribution in [2.75, 3.05) is 11.1 Å². The number of pyridine rings is 1. The van der Waals surface area contributed by atoms with E-state index in [9.17, 15) is 9.59 Å². The number of anilines is 2. The van der Waals surface area contributed by atoms with Gasteiger partial charge in [0.2, 0.25) is 0 Å². The molecule has 0 atom stereocenters. The van der Waals surface area contributed by atoms with E-state index in [-0.39, 0.29) is 27.7 Å². The minimum Gasteiger partial charge on any atom is -0.478 e. The van der Waals surface area contributed by atoms with Crippen molar-refractivity contribution in [2.24, 2.45) is 0 Å². The molecule has 6 nitrogen and oxygen atoms in total. The summed E-state index contributed by atoms with van der Waals surface area (Å²) in [5.74, 6) is -1.84. The van der Waals surface area contributed by atoms with Crippen molar-refractivity contribution in [1.29, 1.82) is 0 Å². The van der Waals surface area contributed by atoms with Gasteiger partial charge in [0.15, 0.2) is 5.69 Å². The summed E-state index contributed by atoms with van der Waals surface area (Å²) in [6, 6.07) is 7.51. The quantitative estimate of drug-likeness (QED) is 0.804. The van der Waals surface area contributed by atoms with Crippen LogP contribution in [0.25, 0.3) is 0 Å². The average Bonchev–Trinajstić information content (AvgIpc) is 2.38. The molecule has 1 aromatic heterocycles. The molecule has 4 N–H and O–H groups in total. The van der Waals surface area contributed by atoms with Crippen molar-refractivity contribution in [2.45, 2.75) is 0 Å². The highest BCUT2D eigenvalue weighted by atomic mass is 35.5. The van der Waals surface area contributed by atoms with Crippen LogP contribution in [0.2, 0.25) is 5.02 Å². The van der Waals surface area contributed by atoms with Crippen LogP contribution in [0.5, 0.6) is 0 Å². The van der Waals surface area contributed by atoms with Crippen molar-refractivity contribution in [1.82, 2.24) is 4.98 Å². The molecule has 0 spiro atoms. The Labute approximate surface area is 119 Å². The van der Waals surface area contributed by atoms with Gasteiger partial charge in [0.1, 0.15) is 5.56 Å². The van der Waals surface area contributed by atoms with Crippen molar-refractivity contribution in [3.63, 3.8) is 0 Å². The molecule has 0 saturated carbocycles. The summed E-state index contributed by atoms with van der Waals surface area (Å²) < 4.78 is 0. The summed E-state index contributed by atoms with van der Waals surface area (Å²) in [6.45, 7) is 0. The van der Waals surface area contributed by atoms with Crippen LogP contribution < -0.4 is 11.1 Å².